The quantitative estimate of drug-likeness (QED) is 0.461. The molecule has 1 rings (SSSR count). The molecule has 7 heavy (non-hydrogen) atoms. The first-order valence-corrected chi connectivity index (χ1v) is 3.27. The van der Waals surface area contributed by atoms with Crippen molar-refractivity contribution >= 4 is 0 Å². The molecular formula is C6H14N+. The predicted molar refractivity (Wildman–Crippen MR) is 30.5 cm³/mol. The minimum absolute atomic E-state index is 1.33. The highest BCUT2D eigenvalue weighted by atomic mass is 15.1. The third-order valence-corrected chi connectivity index (χ3v) is 1.81. The van der Waals surface area contributed by atoms with E-state index in [2.05, 4.69) is 6.92 Å². The van der Waals surface area contributed by atoms with Gasteiger partial charge in [0.15, 0.2) is 0 Å². The lowest BCUT2D eigenvalue weighted by Crippen LogP contribution is -3.09. The van der Waals surface area contributed by atoms with Crippen molar-refractivity contribution < 1.29 is 4.90 Å². The molecule has 0 spiro atoms. The van der Waals surface area contributed by atoms with Crippen molar-refractivity contribution in [3.05, 3.63) is 0 Å². The van der Waals surface area contributed by atoms with Crippen molar-refractivity contribution in [3.8, 4) is 0 Å². The maximum absolute atomic E-state index is 2.26. The molecule has 0 aromatic carbocycles. The van der Waals surface area contributed by atoms with Crippen LogP contribution in [0.5, 0.6) is 0 Å². The van der Waals surface area contributed by atoms with Crippen LogP contribution in [0.4, 0.5) is 0 Å². The zero-order valence-electron chi connectivity index (χ0n) is 5.04. The van der Waals surface area contributed by atoms with Crippen molar-refractivity contribution in [2.75, 3.05) is 19.6 Å². The summed E-state index contributed by atoms with van der Waals surface area (Å²) in [7, 11) is 0. The van der Waals surface area contributed by atoms with Gasteiger partial charge in [-0.25, -0.2) is 0 Å². The molecule has 0 aliphatic carbocycles. The summed E-state index contributed by atoms with van der Waals surface area (Å²) in [6, 6.07) is 0. The van der Waals surface area contributed by atoms with E-state index < -0.39 is 0 Å². The lowest BCUT2D eigenvalue weighted by molar-refractivity contribution is -0.885. The SMILES string of the molecule is CC[NH+]1CCCC1. The maximum Gasteiger partial charge on any atom is 0.0773 e. The van der Waals surface area contributed by atoms with Crippen LogP contribution in [0.3, 0.4) is 0 Å². The van der Waals surface area contributed by atoms with Crippen molar-refractivity contribution in [1.82, 2.24) is 0 Å². The Morgan fingerprint density at radius 1 is 1.29 bits per heavy atom. The molecule has 0 unspecified atom stereocenters. The first kappa shape index (κ1) is 5.10. The molecule has 0 aromatic rings. The van der Waals surface area contributed by atoms with Crippen LogP contribution in [-0.2, 0) is 0 Å². The minimum atomic E-state index is 1.33. The molecule has 1 fully saturated rings. The van der Waals surface area contributed by atoms with Crippen molar-refractivity contribution in [2.45, 2.75) is 19.8 Å². The van der Waals surface area contributed by atoms with Crippen LogP contribution in [0.1, 0.15) is 19.8 Å². The standard InChI is InChI=1S/C6H13N/c1-2-7-5-3-4-6-7/h2-6H2,1H3/p+1. The molecule has 1 heteroatoms. The van der Waals surface area contributed by atoms with E-state index in [1.807, 2.05) is 0 Å². The minimum Gasteiger partial charge on any atom is -0.335 e. The van der Waals surface area contributed by atoms with Gasteiger partial charge in [0.1, 0.15) is 0 Å². The monoisotopic (exact) mass is 100 g/mol. The third kappa shape index (κ3) is 1.16. The lowest BCUT2D eigenvalue weighted by Gasteiger charge is -2.05. The second-order valence-electron chi connectivity index (χ2n) is 2.31. The third-order valence-electron chi connectivity index (χ3n) is 1.81. The Morgan fingerprint density at radius 3 is 2.14 bits per heavy atom. The first-order valence-electron chi connectivity index (χ1n) is 3.27. The van der Waals surface area contributed by atoms with Crippen LogP contribution in [-0.4, -0.2) is 19.6 Å². The van der Waals surface area contributed by atoms with E-state index in [4.69, 9.17) is 0 Å². The van der Waals surface area contributed by atoms with Crippen molar-refractivity contribution in [1.29, 1.82) is 0 Å². The van der Waals surface area contributed by atoms with Gasteiger partial charge in [0.05, 0.1) is 19.6 Å². The molecule has 42 valence electrons. The Hall–Kier alpha value is -0.0400. The molecular weight excluding hydrogens is 86.1 g/mol. The summed E-state index contributed by atoms with van der Waals surface area (Å²) in [5.74, 6) is 0. The number of rotatable bonds is 1. The Morgan fingerprint density at radius 2 is 1.86 bits per heavy atom. The van der Waals surface area contributed by atoms with Crippen LogP contribution in [0.2, 0.25) is 0 Å². The van der Waals surface area contributed by atoms with Crippen LogP contribution in [0.25, 0.3) is 0 Å². The molecule has 1 N–H and O–H groups in total. The highest BCUT2D eigenvalue weighted by Crippen LogP contribution is 1.85. The molecule has 0 amide bonds. The summed E-state index contributed by atoms with van der Waals surface area (Å²) < 4.78 is 0. The van der Waals surface area contributed by atoms with Crippen LogP contribution < -0.4 is 4.90 Å². The molecule has 0 saturated carbocycles. The lowest BCUT2D eigenvalue weighted by atomic mass is 10.4. The summed E-state index contributed by atoms with van der Waals surface area (Å²) in [6.45, 7) is 6.45. The van der Waals surface area contributed by atoms with Gasteiger partial charge in [-0.2, -0.15) is 0 Å². The molecule has 1 heterocycles. The van der Waals surface area contributed by atoms with Gasteiger partial charge in [-0.3, -0.25) is 0 Å². The molecule has 0 radical (unpaired) electrons. The van der Waals surface area contributed by atoms with Gasteiger partial charge in [0, 0.05) is 12.8 Å². The molecule has 1 aliphatic rings. The van der Waals surface area contributed by atoms with Gasteiger partial charge in [-0.05, 0) is 6.92 Å². The summed E-state index contributed by atoms with van der Waals surface area (Å²) in [5.41, 5.74) is 0. The molecule has 1 nitrogen and oxygen atoms in total. The van der Waals surface area contributed by atoms with E-state index in [1.54, 1.807) is 4.90 Å². The molecule has 1 saturated heterocycles. The zero-order valence-corrected chi connectivity index (χ0v) is 5.04. The second kappa shape index (κ2) is 2.31. The highest BCUT2D eigenvalue weighted by Gasteiger charge is 2.10. The maximum atomic E-state index is 2.26. The Labute approximate surface area is 45.3 Å². The zero-order chi connectivity index (χ0) is 5.11. The summed E-state index contributed by atoms with van der Waals surface area (Å²) >= 11 is 0. The first-order chi connectivity index (χ1) is 3.43. The average molecular weight is 100 g/mol. The van der Waals surface area contributed by atoms with E-state index in [-0.39, 0.29) is 0 Å². The summed E-state index contributed by atoms with van der Waals surface area (Å²) in [5, 5.41) is 0. The fourth-order valence-electron chi connectivity index (χ4n) is 1.23. The second-order valence-corrected chi connectivity index (χ2v) is 2.31. The normalized spacial score (nSPS) is 23.6. The van der Waals surface area contributed by atoms with E-state index in [1.165, 1.54) is 32.5 Å². The number of hydrogen-bond donors (Lipinski definition) is 1. The fourth-order valence-corrected chi connectivity index (χ4v) is 1.23. The Kier molecular flexibility index (Phi) is 1.69. The smallest absolute Gasteiger partial charge is 0.0773 e. The van der Waals surface area contributed by atoms with Crippen molar-refractivity contribution in [2.24, 2.45) is 0 Å². The van der Waals surface area contributed by atoms with Crippen LogP contribution in [0.15, 0.2) is 0 Å². The fraction of sp³-hybridized carbons (Fsp3) is 1.00. The van der Waals surface area contributed by atoms with Crippen molar-refractivity contribution in [3.63, 3.8) is 0 Å². The van der Waals surface area contributed by atoms with E-state index in [0.29, 0.717) is 0 Å². The largest absolute Gasteiger partial charge is 0.335 e. The summed E-state index contributed by atoms with van der Waals surface area (Å²) in [4.78, 5) is 1.79. The molecule has 0 bridgehead atoms. The van der Waals surface area contributed by atoms with Gasteiger partial charge < -0.3 is 4.90 Å². The van der Waals surface area contributed by atoms with Crippen LogP contribution >= 0.6 is 0 Å². The number of quaternary nitrogens is 1. The van der Waals surface area contributed by atoms with Crippen LogP contribution in [0, 0.1) is 0 Å². The van der Waals surface area contributed by atoms with Gasteiger partial charge in [0.25, 0.3) is 0 Å². The van der Waals surface area contributed by atoms with E-state index in [0.717, 1.165) is 0 Å². The van der Waals surface area contributed by atoms with Gasteiger partial charge in [-0.15, -0.1) is 0 Å². The molecule has 1 aliphatic heterocycles. The molecule has 0 aromatic heterocycles. The topological polar surface area (TPSA) is 4.44 Å². The van der Waals surface area contributed by atoms with E-state index >= 15 is 0 Å². The number of hydrogen-bond acceptors (Lipinski definition) is 0. The summed E-state index contributed by atoms with van der Waals surface area (Å²) in [6.07, 6.45) is 2.92. The average Bonchev–Trinajstić information content (AvgIpc) is 2.14. The Bertz CT molecular complexity index is 46.1. The predicted octanol–water partition coefficient (Wildman–Crippen LogP) is -0.315. The number of likely N-dealkylation sites (tertiary alicyclic amines) is 1. The molecule has 0 atom stereocenters. The van der Waals surface area contributed by atoms with Gasteiger partial charge in [0.2, 0.25) is 0 Å². The van der Waals surface area contributed by atoms with Gasteiger partial charge >= 0.3 is 0 Å². The Balaban J connectivity index is 2.14. The highest BCUT2D eigenvalue weighted by molar-refractivity contribution is 4.42. The number of nitrogens with one attached hydrogen (secondary N) is 1. The van der Waals surface area contributed by atoms with Gasteiger partial charge in [-0.1, -0.05) is 0 Å². The van der Waals surface area contributed by atoms with E-state index in [9.17, 15) is 0 Å².